The van der Waals surface area contributed by atoms with Crippen LogP contribution in [0.4, 0.5) is 0 Å². The van der Waals surface area contributed by atoms with Crippen LogP contribution in [0, 0.1) is 6.92 Å². The van der Waals surface area contributed by atoms with Crippen LogP contribution in [-0.2, 0) is 9.59 Å². The molecule has 0 saturated carbocycles. The number of carbonyl (C=O) groups is 2. The lowest BCUT2D eigenvalue weighted by molar-refractivity contribution is -0.138. The summed E-state index contributed by atoms with van der Waals surface area (Å²) in [5.74, 6) is 0.0133. The number of aryl methyl sites for hydroxylation is 1. The molecule has 0 spiro atoms. The number of nitrogens with zero attached hydrogens (tertiary/aromatic N) is 2. The van der Waals surface area contributed by atoms with Crippen LogP contribution in [-0.4, -0.2) is 79.2 Å². The van der Waals surface area contributed by atoms with Crippen molar-refractivity contribution < 1.29 is 19.4 Å². The summed E-state index contributed by atoms with van der Waals surface area (Å²) in [6, 6.07) is 8.10. The number of nitrogens with one attached hydrogen (secondary N) is 1. The van der Waals surface area contributed by atoms with Gasteiger partial charge in [0.2, 0.25) is 5.91 Å². The maximum absolute atomic E-state index is 12.2. The summed E-state index contributed by atoms with van der Waals surface area (Å²) in [4.78, 5) is 27.1. The van der Waals surface area contributed by atoms with E-state index in [1.807, 2.05) is 43.1 Å². The lowest BCUT2D eigenvalue weighted by Gasteiger charge is -2.25. The lowest BCUT2D eigenvalue weighted by Crippen LogP contribution is -2.40. The molecule has 0 aromatic heterocycles. The van der Waals surface area contributed by atoms with E-state index in [9.17, 15) is 9.59 Å². The Hall–Kier alpha value is -1.83. The lowest BCUT2D eigenvalue weighted by atomic mass is 10.1. The quantitative estimate of drug-likeness (QED) is 0.600. The zero-order chi connectivity index (χ0) is 19.6. The van der Waals surface area contributed by atoms with E-state index in [4.69, 9.17) is 9.84 Å². The number of hydrogen-bond donors (Lipinski definition) is 2. The summed E-state index contributed by atoms with van der Waals surface area (Å²) < 4.78 is 5.64. The van der Waals surface area contributed by atoms with Crippen molar-refractivity contribution in [3.8, 4) is 5.75 Å². The van der Waals surface area contributed by atoms with Crippen LogP contribution in [0.5, 0.6) is 5.75 Å². The normalized spacial score (nSPS) is 17.5. The van der Waals surface area contributed by atoms with Gasteiger partial charge in [0, 0.05) is 12.6 Å². The minimum atomic E-state index is -0.800. The van der Waals surface area contributed by atoms with Gasteiger partial charge in [0.25, 0.3) is 0 Å². The molecule has 0 aliphatic carbocycles. The summed E-state index contributed by atoms with van der Waals surface area (Å²) in [7, 11) is 1.86. The molecule has 1 atom stereocenters. The first-order valence-corrected chi connectivity index (χ1v) is 9.54. The van der Waals surface area contributed by atoms with Crippen LogP contribution in [0.15, 0.2) is 24.3 Å². The second-order valence-electron chi connectivity index (χ2n) is 7.18. The molecule has 1 heterocycles. The molecule has 7 nitrogen and oxygen atoms in total. The highest BCUT2D eigenvalue weighted by molar-refractivity contribution is 5.85. The van der Waals surface area contributed by atoms with Crippen LogP contribution >= 0.6 is 12.4 Å². The Morgan fingerprint density at radius 2 is 2.11 bits per heavy atom. The van der Waals surface area contributed by atoms with Crippen molar-refractivity contribution in [1.82, 2.24) is 15.1 Å². The highest BCUT2D eigenvalue weighted by Gasteiger charge is 2.22. The van der Waals surface area contributed by atoms with Gasteiger partial charge in [-0.25, -0.2) is 0 Å². The number of halogens is 1. The zero-order valence-electron chi connectivity index (χ0n) is 16.7. The van der Waals surface area contributed by atoms with Gasteiger partial charge < -0.3 is 15.2 Å². The second-order valence-corrected chi connectivity index (χ2v) is 7.18. The van der Waals surface area contributed by atoms with Crippen LogP contribution in [0.25, 0.3) is 0 Å². The van der Waals surface area contributed by atoms with Gasteiger partial charge in [0.15, 0.2) is 0 Å². The Labute approximate surface area is 173 Å². The zero-order valence-corrected chi connectivity index (χ0v) is 17.5. The number of ether oxygens (including phenoxy) is 1. The molecular formula is C20H32ClN3O4. The molecule has 1 aliphatic heterocycles. The van der Waals surface area contributed by atoms with E-state index in [0.717, 1.165) is 43.7 Å². The SMILES string of the molecule is Cc1cccc(OCCNC(=O)CN2CCCC(N(C)CC(=O)O)CC2)c1.Cl. The van der Waals surface area contributed by atoms with E-state index in [2.05, 4.69) is 10.2 Å². The average molecular weight is 414 g/mol. The third-order valence-electron chi connectivity index (χ3n) is 4.85. The van der Waals surface area contributed by atoms with Gasteiger partial charge in [-0.15, -0.1) is 12.4 Å². The molecule has 2 rings (SSSR count). The minimum Gasteiger partial charge on any atom is -0.492 e. The van der Waals surface area contributed by atoms with Crippen LogP contribution in [0.3, 0.4) is 0 Å². The summed E-state index contributed by atoms with van der Waals surface area (Å²) in [5, 5.41) is 11.8. The first-order valence-electron chi connectivity index (χ1n) is 9.54. The maximum Gasteiger partial charge on any atom is 0.317 e. The van der Waals surface area contributed by atoms with Gasteiger partial charge in [0.1, 0.15) is 12.4 Å². The van der Waals surface area contributed by atoms with Crippen LogP contribution in [0.2, 0.25) is 0 Å². The maximum atomic E-state index is 12.2. The Bertz CT molecular complexity index is 629. The van der Waals surface area contributed by atoms with Crippen LogP contribution < -0.4 is 10.1 Å². The van der Waals surface area contributed by atoms with E-state index >= 15 is 0 Å². The molecule has 1 fully saturated rings. The van der Waals surface area contributed by atoms with Gasteiger partial charge in [-0.3, -0.25) is 19.4 Å². The molecule has 1 unspecified atom stereocenters. The van der Waals surface area contributed by atoms with E-state index in [-0.39, 0.29) is 30.9 Å². The van der Waals surface area contributed by atoms with Crippen molar-refractivity contribution in [2.45, 2.75) is 32.2 Å². The highest BCUT2D eigenvalue weighted by Crippen LogP contribution is 2.15. The number of carboxylic acid groups (broad SMARTS) is 1. The van der Waals surface area contributed by atoms with Crippen molar-refractivity contribution in [3.63, 3.8) is 0 Å². The Morgan fingerprint density at radius 1 is 1.32 bits per heavy atom. The molecule has 158 valence electrons. The number of hydrogen-bond acceptors (Lipinski definition) is 5. The molecule has 1 aromatic carbocycles. The van der Waals surface area contributed by atoms with Gasteiger partial charge in [0.05, 0.1) is 19.6 Å². The standard InChI is InChI=1S/C20H31N3O4.ClH/c1-16-5-3-7-18(13-16)27-12-9-21-19(24)14-23-10-4-6-17(8-11-23)22(2)15-20(25)26;/h3,5,7,13,17H,4,6,8-12,14-15H2,1-2H3,(H,21,24)(H,25,26);1H. The van der Waals surface area contributed by atoms with Crippen LogP contribution in [0.1, 0.15) is 24.8 Å². The molecule has 2 N–H and O–H groups in total. The number of amides is 1. The van der Waals surface area contributed by atoms with Crippen molar-refractivity contribution in [3.05, 3.63) is 29.8 Å². The predicted molar refractivity (Wildman–Crippen MR) is 111 cm³/mol. The molecule has 28 heavy (non-hydrogen) atoms. The summed E-state index contributed by atoms with van der Waals surface area (Å²) >= 11 is 0. The van der Waals surface area contributed by atoms with Crippen molar-refractivity contribution in [2.24, 2.45) is 0 Å². The number of rotatable bonds is 9. The van der Waals surface area contributed by atoms with E-state index < -0.39 is 5.97 Å². The van der Waals surface area contributed by atoms with E-state index in [1.165, 1.54) is 0 Å². The summed E-state index contributed by atoms with van der Waals surface area (Å²) in [6.07, 6.45) is 2.82. The molecule has 1 amide bonds. The van der Waals surface area contributed by atoms with Gasteiger partial charge >= 0.3 is 5.97 Å². The number of likely N-dealkylation sites (N-methyl/N-ethyl adjacent to an activating group) is 1. The number of carbonyl (C=O) groups excluding carboxylic acids is 1. The third-order valence-corrected chi connectivity index (χ3v) is 4.85. The van der Waals surface area contributed by atoms with Crippen molar-refractivity contribution in [1.29, 1.82) is 0 Å². The minimum absolute atomic E-state index is 0. The number of benzene rings is 1. The fraction of sp³-hybridized carbons (Fsp3) is 0.600. The number of carboxylic acids is 1. The first-order chi connectivity index (χ1) is 12.9. The Kier molecular flexibility index (Phi) is 10.9. The first kappa shape index (κ1) is 24.2. The van der Waals surface area contributed by atoms with Gasteiger partial charge in [-0.2, -0.15) is 0 Å². The van der Waals surface area contributed by atoms with Crippen molar-refractivity contribution in [2.75, 3.05) is 46.4 Å². The van der Waals surface area contributed by atoms with E-state index in [1.54, 1.807) is 0 Å². The topological polar surface area (TPSA) is 82.1 Å². The molecular weight excluding hydrogens is 382 g/mol. The highest BCUT2D eigenvalue weighted by atomic mass is 35.5. The average Bonchev–Trinajstić information content (AvgIpc) is 2.84. The fourth-order valence-electron chi connectivity index (χ4n) is 3.40. The molecule has 1 saturated heterocycles. The summed E-state index contributed by atoms with van der Waals surface area (Å²) in [5.41, 5.74) is 1.14. The molecule has 1 aliphatic rings. The van der Waals surface area contributed by atoms with Gasteiger partial charge in [-0.05, 0) is 57.5 Å². The van der Waals surface area contributed by atoms with Gasteiger partial charge in [-0.1, -0.05) is 12.1 Å². The largest absolute Gasteiger partial charge is 0.492 e. The summed E-state index contributed by atoms with van der Waals surface area (Å²) in [6.45, 7) is 5.04. The Morgan fingerprint density at radius 3 is 2.82 bits per heavy atom. The second kappa shape index (κ2) is 12.6. The predicted octanol–water partition coefficient (Wildman–Crippen LogP) is 1.78. The Balaban J connectivity index is 0.00000392. The molecule has 0 radical (unpaired) electrons. The number of aliphatic carboxylic acids is 1. The molecule has 0 bridgehead atoms. The monoisotopic (exact) mass is 413 g/mol. The fourth-order valence-corrected chi connectivity index (χ4v) is 3.40. The third kappa shape index (κ3) is 8.91. The number of likely N-dealkylation sites (tertiary alicyclic amines) is 1. The van der Waals surface area contributed by atoms with Crippen molar-refractivity contribution >= 4 is 24.3 Å². The van der Waals surface area contributed by atoms with E-state index in [0.29, 0.717) is 19.7 Å². The molecule has 1 aromatic rings. The smallest absolute Gasteiger partial charge is 0.317 e. The molecule has 8 heteroatoms.